The SMILES string of the molecule is COc1ccc(N2CCN(C(=O)COC(=O)c3cc4ccccc4o3)CC2)cc1. The van der Waals surface area contributed by atoms with Gasteiger partial charge in [-0.3, -0.25) is 4.79 Å². The van der Waals surface area contributed by atoms with E-state index in [0.717, 1.165) is 29.9 Å². The number of carbonyl (C=O) groups is 2. The number of nitrogens with zero attached hydrogens (tertiary/aromatic N) is 2. The molecule has 1 aromatic heterocycles. The fourth-order valence-corrected chi connectivity index (χ4v) is 3.38. The minimum atomic E-state index is -0.633. The van der Waals surface area contributed by atoms with Gasteiger partial charge in [0.2, 0.25) is 5.76 Å². The lowest BCUT2D eigenvalue weighted by molar-refractivity contribution is -0.134. The van der Waals surface area contributed by atoms with E-state index < -0.39 is 5.97 Å². The second kappa shape index (κ2) is 8.26. The Morgan fingerprint density at radius 2 is 1.72 bits per heavy atom. The van der Waals surface area contributed by atoms with Crippen molar-refractivity contribution >= 4 is 28.5 Å². The van der Waals surface area contributed by atoms with Crippen molar-refractivity contribution in [3.05, 3.63) is 60.4 Å². The summed E-state index contributed by atoms with van der Waals surface area (Å²) in [5.74, 6) is 0.0763. The summed E-state index contributed by atoms with van der Waals surface area (Å²) < 4.78 is 15.8. The number of hydrogen-bond donors (Lipinski definition) is 0. The summed E-state index contributed by atoms with van der Waals surface area (Å²) in [4.78, 5) is 28.5. The predicted molar refractivity (Wildman–Crippen MR) is 108 cm³/mol. The molecule has 0 atom stereocenters. The molecule has 29 heavy (non-hydrogen) atoms. The number of carbonyl (C=O) groups excluding carboxylic acids is 2. The molecule has 3 aromatic rings. The molecular formula is C22H22N2O5. The number of fused-ring (bicyclic) bond motifs is 1. The monoisotopic (exact) mass is 394 g/mol. The van der Waals surface area contributed by atoms with Crippen molar-refractivity contribution in [2.24, 2.45) is 0 Å². The maximum absolute atomic E-state index is 12.4. The number of rotatable bonds is 5. The number of amides is 1. The Morgan fingerprint density at radius 1 is 1.00 bits per heavy atom. The number of hydrogen-bond acceptors (Lipinski definition) is 6. The summed E-state index contributed by atoms with van der Waals surface area (Å²) in [6.45, 7) is 2.30. The Hall–Kier alpha value is -3.48. The highest BCUT2D eigenvalue weighted by atomic mass is 16.5. The predicted octanol–water partition coefficient (Wildman–Crippen LogP) is 2.95. The molecule has 1 amide bonds. The summed E-state index contributed by atoms with van der Waals surface area (Å²) in [5, 5.41) is 0.820. The van der Waals surface area contributed by atoms with Crippen molar-refractivity contribution in [1.82, 2.24) is 4.90 Å². The first-order chi connectivity index (χ1) is 14.1. The summed E-state index contributed by atoms with van der Waals surface area (Å²) in [5.41, 5.74) is 1.70. The summed E-state index contributed by atoms with van der Waals surface area (Å²) in [6.07, 6.45) is 0. The Labute approximate surface area is 168 Å². The van der Waals surface area contributed by atoms with Gasteiger partial charge in [0.05, 0.1) is 7.11 Å². The Balaban J connectivity index is 1.27. The molecule has 0 saturated carbocycles. The second-order valence-electron chi connectivity index (χ2n) is 6.79. The molecule has 1 aliphatic heterocycles. The van der Waals surface area contributed by atoms with Gasteiger partial charge in [0.15, 0.2) is 6.61 Å². The van der Waals surface area contributed by atoms with Crippen molar-refractivity contribution < 1.29 is 23.5 Å². The summed E-state index contributed by atoms with van der Waals surface area (Å²) >= 11 is 0. The lowest BCUT2D eigenvalue weighted by Gasteiger charge is -2.36. The molecule has 1 fully saturated rings. The number of anilines is 1. The molecule has 0 radical (unpaired) electrons. The van der Waals surface area contributed by atoms with Crippen LogP contribution in [0, 0.1) is 0 Å². The van der Waals surface area contributed by atoms with Gasteiger partial charge in [0, 0.05) is 37.3 Å². The smallest absolute Gasteiger partial charge is 0.374 e. The van der Waals surface area contributed by atoms with Crippen LogP contribution in [0.5, 0.6) is 5.75 Å². The van der Waals surface area contributed by atoms with E-state index in [4.69, 9.17) is 13.9 Å². The second-order valence-corrected chi connectivity index (χ2v) is 6.79. The van der Waals surface area contributed by atoms with Crippen LogP contribution < -0.4 is 9.64 Å². The Morgan fingerprint density at radius 3 is 2.41 bits per heavy atom. The lowest BCUT2D eigenvalue weighted by atomic mass is 10.2. The van der Waals surface area contributed by atoms with E-state index in [-0.39, 0.29) is 18.3 Å². The van der Waals surface area contributed by atoms with E-state index in [1.807, 2.05) is 42.5 Å². The van der Waals surface area contributed by atoms with E-state index in [1.165, 1.54) is 0 Å². The molecule has 2 heterocycles. The van der Waals surface area contributed by atoms with Crippen LogP contribution in [0.2, 0.25) is 0 Å². The highest BCUT2D eigenvalue weighted by molar-refractivity contribution is 5.93. The number of para-hydroxylation sites is 1. The molecule has 7 nitrogen and oxygen atoms in total. The van der Waals surface area contributed by atoms with E-state index in [0.29, 0.717) is 18.7 Å². The number of ether oxygens (including phenoxy) is 2. The molecule has 150 valence electrons. The van der Waals surface area contributed by atoms with E-state index in [1.54, 1.807) is 24.1 Å². The standard InChI is InChI=1S/C22H22N2O5/c1-27-18-8-6-17(7-9-18)23-10-12-24(13-11-23)21(25)15-28-22(26)20-14-16-4-2-3-5-19(16)29-20/h2-9,14H,10-13,15H2,1H3. The molecule has 4 rings (SSSR count). The van der Waals surface area contributed by atoms with Crippen LogP contribution in [0.3, 0.4) is 0 Å². The zero-order chi connectivity index (χ0) is 20.2. The zero-order valence-electron chi connectivity index (χ0n) is 16.2. The van der Waals surface area contributed by atoms with Crippen LogP contribution in [0.15, 0.2) is 59.0 Å². The normalized spacial score (nSPS) is 14.1. The van der Waals surface area contributed by atoms with E-state index >= 15 is 0 Å². The van der Waals surface area contributed by atoms with E-state index in [9.17, 15) is 9.59 Å². The molecule has 7 heteroatoms. The van der Waals surface area contributed by atoms with E-state index in [2.05, 4.69) is 4.90 Å². The molecule has 0 unspecified atom stereocenters. The number of piperazine rings is 1. The Bertz CT molecular complexity index is 970. The van der Waals surface area contributed by atoms with Gasteiger partial charge in [-0.1, -0.05) is 18.2 Å². The van der Waals surface area contributed by atoms with Crippen LogP contribution in [-0.4, -0.2) is 56.7 Å². The molecule has 0 bridgehead atoms. The van der Waals surface area contributed by atoms with Crippen LogP contribution >= 0.6 is 0 Å². The van der Waals surface area contributed by atoms with Gasteiger partial charge < -0.3 is 23.7 Å². The average Bonchev–Trinajstić information content (AvgIpc) is 3.22. The number of benzene rings is 2. The van der Waals surface area contributed by atoms with Gasteiger partial charge in [-0.15, -0.1) is 0 Å². The van der Waals surface area contributed by atoms with Crippen molar-refractivity contribution in [3.63, 3.8) is 0 Å². The minimum absolute atomic E-state index is 0.100. The van der Waals surface area contributed by atoms with Crippen LogP contribution in [0.25, 0.3) is 11.0 Å². The van der Waals surface area contributed by atoms with Crippen molar-refractivity contribution in [2.75, 3.05) is 44.8 Å². The first-order valence-electron chi connectivity index (χ1n) is 9.46. The average molecular weight is 394 g/mol. The molecular weight excluding hydrogens is 372 g/mol. The third-order valence-corrected chi connectivity index (χ3v) is 5.02. The third-order valence-electron chi connectivity index (χ3n) is 5.02. The maximum Gasteiger partial charge on any atom is 0.374 e. The van der Waals surface area contributed by atoms with Gasteiger partial charge >= 0.3 is 5.97 Å². The lowest BCUT2D eigenvalue weighted by Crippen LogP contribution is -2.49. The fourth-order valence-electron chi connectivity index (χ4n) is 3.38. The third kappa shape index (κ3) is 4.18. The molecule has 0 aliphatic carbocycles. The summed E-state index contributed by atoms with van der Waals surface area (Å²) in [7, 11) is 1.64. The maximum atomic E-state index is 12.4. The van der Waals surface area contributed by atoms with Gasteiger partial charge in [-0.2, -0.15) is 0 Å². The molecule has 0 spiro atoms. The minimum Gasteiger partial charge on any atom is -0.497 e. The van der Waals surface area contributed by atoms with Gasteiger partial charge in [0.1, 0.15) is 11.3 Å². The number of esters is 1. The van der Waals surface area contributed by atoms with Crippen molar-refractivity contribution in [1.29, 1.82) is 0 Å². The molecule has 1 saturated heterocycles. The molecule has 2 aromatic carbocycles. The Kier molecular flexibility index (Phi) is 5.37. The van der Waals surface area contributed by atoms with Crippen LogP contribution in [0.4, 0.5) is 5.69 Å². The van der Waals surface area contributed by atoms with Crippen molar-refractivity contribution in [2.45, 2.75) is 0 Å². The first-order valence-corrected chi connectivity index (χ1v) is 9.46. The quantitative estimate of drug-likeness (QED) is 0.620. The molecule has 0 N–H and O–H groups in total. The molecule has 1 aliphatic rings. The highest BCUT2D eigenvalue weighted by Crippen LogP contribution is 2.21. The largest absolute Gasteiger partial charge is 0.497 e. The number of methoxy groups -OCH3 is 1. The fraction of sp³-hybridized carbons (Fsp3) is 0.273. The van der Waals surface area contributed by atoms with Crippen LogP contribution in [-0.2, 0) is 9.53 Å². The zero-order valence-corrected chi connectivity index (χ0v) is 16.2. The van der Waals surface area contributed by atoms with Gasteiger partial charge in [-0.25, -0.2) is 4.79 Å². The first kappa shape index (κ1) is 18.9. The van der Waals surface area contributed by atoms with Gasteiger partial charge in [-0.05, 0) is 36.4 Å². The topological polar surface area (TPSA) is 72.2 Å². The number of furan rings is 1. The highest BCUT2D eigenvalue weighted by Gasteiger charge is 2.23. The van der Waals surface area contributed by atoms with Crippen LogP contribution in [0.1, 0.15) is 10.6 Å². The summed E-state index contributed by atoms with van der Waals surface area (Å²) in [6, 6.07) is 16.8. The van der Waals surface area contributed by atoms with Gasteiger partial charge in [0.25, 0.3) is 5.91 Å². The van der Waals surface area contributed by atoms with Crippen molar-refractivity contribution in [3.8, 4) is 5.75 Å².